The Bertz CT molecular complexity index is 696. The Balaban J connectivity index is 1.92. The lowest BCUT2D eigenvalue weighted by Gasteiger charge is -2.20. The minimum absolute atomic E-state index is 0.463. The van der Waals surface area contributed by atoms with Gasteiger partial charge in [-0.25, -0.2) is 0 Å². The van der Waals surface area contributed by atoms with E-state index in [-0.39, 0.29) is 0 Å². The zero-order valence-corrected chi connectivity index (χ0v) is 12.8. The maximum Gasteiger partial charge on any atom is 0.391 e. The molecule has 0 spiro atoms. The van der Waals surface area contributed by atoms with E-state index in [2.05, 4.69) is 10.3 Å². The molecule has 0 unspecified atom stereocenters. The molecule has 6 heteroatoms. The zero-order valence-electron chi connectivity index (χ0n) is 12.0. The summed E-state index contributed by atoms with van der Waals surface area (Å²) in [6.07, 6.45) is -5.19. The summed E-state index contributed by atoms with van der Waals surface area (Å²) in [5.74, 6) is 0.463. The number of amidine groups is 1. The van der Waals surface area contributed by atoms with Crippen molar-refractivity contribution in [1.29, 1.82) is 0 Å². The average Bonchev–Trinajstić information content (AvgIpc) is 2.90. The second kappa shape index (κ2) is 6.24. The minimum Gasteiger partial charge on any atom is -0.364 e. The van der Waals surface area contributed by atoms with Gasteiger partial charge in [0.05, 0.1) is 18.5 Å². The van der Waals surface area contributed by atoms with Gasteiger partial charge < -0.3 is 5.32 Å². The Kier molecular flexibility index (Phi) is 4.31. The summed E-state index contributed by atoms with van der Waals surface area (Å²) in [5.41, 5.74) is 1.48. The van der Waals surface area contributed by atoms with Crippen LogP contribution >= 0.6 is 11.6 Å². The smallest absolute Gasteiger partial charge is 0.364 e. The Morgan fingerprint density at radius 3 is 2.26 bits per heavy atom. The van der Waals surface area contributed by atoms with Gasteiger partial charge in [0, 0.05) is 10.6 Å². The number of aliphatic imine (C=N–C) groups is 1. The summed E-state index contributed by atoms with van der Waals surface area (Å²) in [4.78, 5) is 4.49. The van der Waals surface area contributed by atoms with Crippen LogP contribution in [0.4, 0.5) is 13.2 Å². The van der Waals surface area contributed by atoms with Gasteiger partial charge in [0.25, 0.3) is 0 Å². The molecule has 0 aromatic heterocycles. The number of hydrogen-bond acceptors (Lipinski definition) is 2. The summed E-state index contributed by atoms with van der Waals surface area (Å²) < 4.78 is 38.6. The van der Waals surface area contributed by atoms with E-state index in [0.29, 0.717) is 10.9 Å². The monoisotopic (exact) mass is 338 g/mol. The highest BCUT2D eigenvalue weighted by Crippen LogP contribution is 2.34. The van der Waals surface area contributed by atoms with E-state index < -0.39 is 24.7 Å². The number of benzene rings is 2. The van der Waals surface area contributed by atoms with Gasteiger partial charge in [0.15, 0.2) is 0 Å². The molecule has 0 saturated heterocycles. The number of nitrogens with one attached hydrogen (secondary N) is 1. The Labute approximate surface area is 137 Å². The average molecular weight is 339 g/mol. The number of nitrogens with zero attached hydrogens (tertiary/aromatic N) is 1. The highest BCUT2D eigenvalue weighted by molar-refractivity contribution is 6.30. The van der Waals surface area contributed by atoms with Gasteiger partial charge in [-0.2, -0.15) is 13.2 Å². The van der Waals surface area contributed by atoms with E-state index in [0.717, 1.165) is 11.1 Å². The van der Waals surface area contributed by atoms with Gasteiger partial charge in [-0.15, -0.1) is 0 Å². The van der Waals surface area contributed by atoms with Gasteiger partial charge in [-0.05, 0) is 29.8 Å². The van der Waals surface area contributed by atoms with Gasteiger partial charge in [-0.3, -0.25) is 4.99 Å². The predicted molar refractivity (Wildman–Crippen MR) is 84.8 cm³/mol. The van der Waals surface area contributed by atoms with Crippen LogP contribution in [-0.4, -0.2) is 18.1 Å². The Hall–Kier alpha value is -2.01. The third-order valence-corrected chi connectivity index (χ3v) is 3.93. The van der Waals surface area contributed by atoms with Crippen molar-refractivity contribution in [3.8, 4) is 0 Å². The molecule has 0 radical (unpaired) electrons. The van der Waals surface area contributed by atoms with E-state index in [1.807, 2.05) is 6.07 Å². The summed E-state index contributed by atoms with van der Waals surface area (Å²) in [7, 11) is 0. The maximum atomic E-state index is 12.9. The van der Waals surface area contributed by atoms with Crippen LogP contribution in [0.25, 0.3) is 0 Å². The van der Waals surface area contributed by atoms with Crippen LogP contribution in [0.5, 0.6) is 0 Å². The normalized spacial score (nSPS) is 21.0. The first-order valence-electron chi connectivity index (χ1n) is 7.14. The van der Waals surface area contributed by atoms with Crippen molar-refractivity contribution in [2.24, 2.45) is 4.99 Å². The molecule has 0 aliphatic carbocycles. The van der Waals surface area contributed by atoms with Crippen molar-refractivity contribution >= 4 is 17.4 Å². The van der Waals surface area contributed by atoms with Crippen LogP contribution in [0, 0.1) is 0 Å². The highest BCUT2D eigenvalue weighted by Gasteiger charge is 2.39. The molecule has 2 aromatic rings. The molecule has 3 rings (SSSR count). The van der Waals surface area contributed by atoms with Crippen molar-refractivity contribution in [2.45, 2.75) is 24.7 Å². The Morgan fingerprint density at radius 1 is 1.00 bits per heavy atom. The largest absolute Gasteiger partial charge is 0.391 e. The van der Waals surface area contributed by atoms with Crippen molar-refractivity contribution in [3.63, 3.8) is 0 Å². The Morgan fingerprint density at radius 2 is 1.65 bits per heavy atom. The number of alkyl halides is 3. The van der Waals surface area contributed by atoms with Gasteiger partial charge in [0.2, 0.25) is 0 Å². The number of hydrogen-bond donors (Lipinski definition) is 1. The molecule has 1 aliphatic heterocycles. The van der Waals surface area contributed by atoms with Crippen LogP contribution < -0.4 is 5.32 Å². The first kappa shape index (κ1) is 15.9. The second-order valence-corrected chi connectivity index (χ2v) is 5.85. The minimum atomic E-state index is -4.25. The summed E-state index contributed by atoms with van der Waals surface area (Å²) in [6.45, 7) is 0. The lowest BCUT2D eigenvalue weighted by atomic mass is 9.98. The first-order valence-corrected chi connectivity index (χ1v) is 7.52. The molecule has 0 amide bonds. The fourth-order valence-corrected chi connectivity index (χ4v) is 2.78. The first-order chi connectivity index (χ1) is 10.9. The summed E-state index contributed by atoms with van der Waals surface area (Å²) in [5, 5.41) is 3.49. The van der Waals surface area contributed by atoms with E-state index in [9.17, 15) is 13.2 Å². The molecular weight excluding hydrogens is 325 g/mol. The molecule has 1 aliphatic rings. The van der Waals surface area contributed by atoms with E-state index in [4.69, 9.17) is 11.6 Å². The van der Waals surface area contributed by atoms with Crippen LogP contribution in [-0.2, 0) is 0 Å². The van der Waals surface area contributed by atoms with Crippen molar-refractivity contribution < 1.29 is 13.2 Å². The SMILES string of the molecule is FC(F)(F)C[C@@H]1NC(c2ccc(Cl)cc2)=N[C@@H]1c1ccccc1. The van der Waals surface area contributed by atoms with Crippen LogP contribution in [0.3, 0.4) is 0 Å². The van der Waals surface area contributed by atoms with Crippen molar-refractivity contribution in [3.05, 3.63) is 70.7 Å². The van der Waals surface area contributed by atoms with Crippen molar-refractivity contribution in [2.75, 3.05) is 0 Å². The third-order valence-electron chi connectivity index (χ3n) is 3.68. The standard InChI is InChI=1S/C17H14ClF3N2/c18-13-8-6-12(7-9-13)16-22-14(10-17(19,20)21)15(23-16)11-4-2-1-3-5-11/h1-9,14-15H,10H2,(H,22,23)/t14-,15+/m0/s1. The molecule has 2 atom stereocenters. The molecule has 0 bridgehead atoms. The van der Waals surface area contributed by atoms with Crippen LogP contribution in [0.1, 0.15) is 23.6 Å². The topological polar surface area (TPSA) is 24.4 Å². The summed E-state index contributed by atoms with van der Waals surface area (Å²) >= 11 is 5.85. The van der Waals surface area contributed by atoms with Gasteiger partial charge >= 0.3 is 6.18 Å². The van der Waals surface area contributed by atoms with Gasteiger partial charge in [0.1, 0.15) is 5.84 Å². The molecule has 0 fully saturated rings. The molecular formula is C17H14ClF3N2. The molecule has 2 nitrogen and oxygen atoms in total. The van der Waals surface area contributed by atoms with E-state index >= 15 is 0 Å². The third kappa shape index (κ3) is 3.85. The molecule has 1 N–H and O–H groups in total. The molecule has 1 heterocycles. The van der Waals surface area contributed by atoms with Crippen molar-refractivity contribution in [1.82, 2.24) is 5.32 Å². The lowest BCUT2D eigenvalue weighted by Crippen LogP contribution is -2.36. The molecule has 23 heavy (non-hydrogen) atoms. The molecule has 2 aromatic carbocycles. The highest BCUT2D eigenvalue weighted by atomic mass is 35.5. The fourth-order valence-electron chi connectivity index (χ4n) is 2.66. The summed E-state index contributed by atoms with van der Waals surface area (Å²) in [6, 6.07) is 14.5. The molecule has 0 saturated carbocycles. The maximum absolute atomic E-state index is 12.9. The molecule has 120 valence electrons. The number of halogens is 4. The zero-order chi connectivity index (χ0) is 16.4. The lowest BCUT2D eigenvalue weighted by molar-refractivity contribution is -0.139. The van der Waals surface area contributed by atoms with Gasteiger partial charge in [-0.1, -0.05) is 41.9 Å². The second-order valence-electron chi connectivity index (χ2n) is 5.41. The predicted octanol–water partition coefficient (Wildman–Crippen LogP) is 4.75. The fraction of sp³-hybridized carbons (Fsp3) is 0.235. The van der Waals surface area contributed by atoms with E-state index in [1.54, 1.807) is 48.5 Å². The van der Waals surface area contributed by atoms with E-state index in [1.165, 1.54) is 0 Å². The van der Waals surface area contributed by atoms with Crippen LogP contribution in [0.15, 0.2) is 59.6 Å². The number of rotatable bonds is 3. The quantitative estimate of drug-likeness (QED) is 0.858. The van der Waals surface area contributed by atoms with Crippen LogP contribution in [0.2, 0.25) is 5.02 Å².